The fourth-order valence-corrected chi connectivity index (χ4v) is 5.54. The summed E-state index contributed by atoms with van der Waals surface area (Å²) in [6, 6.07) is 7.60. The first-order chi connectivity index (χ1) is 17.2. The molecule has 5 rings (SSSR count). The van der Waals surface area contributed by atoms with E-state index >= 15 is 0 Å². The van der Waals surface area contributed by atoms with Gasteiger partial charge in [-0.05, 0) is 25.0 Å². The molecule has 0 spiro atoms. The summed E-state index contributed by atoms with van der Waals surface area (Å²) in [7, 11) is -1.17. The van der Waals surface area contributed by atoms with Gasteiger partial charge in [0.05, 0.1) is 24.3 Å². The van der Waals surface area contributed by atoms with E-state index in [1.807, 2.05) is 32.6 Å². The summed E-state index contributed by atoms with van der Waals surface area (Å²) in [5, 5.41) is 24.8. The minimum absolute atomic E-state index is 0.158. The molecule has 0 atom stereocenters. The van der Waals surface area contributed by atoms with Crippen LogP contribution in [0.5, 0.6) is 0 Å². The average Bonchev–Trinajstić information content (AvgIpc) is 3.41. The van der Waals surface area contributed by atoms with Crippen LogP contribution in [0, 0.1) is 28.6 Å². The molecule has 186 valence electrons. The van der Waals surface area contributed by atoms with Gasteiger partial charge in [-0.15, -0.1) is 0 Å². The second-order valence-corrected chi connectivity index (χ2v) is 16.9. The van der Waals surface area contributed by atoms with Gasteiger partial charge in [0, 0.05) is 68.8 Å². The Morgan fingerprint density at radius 2 is 2.03 bits per heavy atom. The molecule has 9 nitrogen and oxygen atoms in total. The second kappa shape index (κ2) is 9.19. The second-order valence-electron chi connectivity index (χ2n) is 11.2. The van der Waals surface area contributed by atoms with Crippen LogP contribution in [0.2, 0.25) is 25.7 Å². The van der Waals surface area contributed by atoms with Crippen LogP contribution in [0.3, 0.4) is 0 Å². The van der Waals surface area contributed by atoms with Crippen molar-refractivity contribution in [2.45, 2.75) is 57.2 Å². The van der Waals surface area contributed by atoms with Crippen LogP contribution in [-0.4, -0.2) is 57.9 Å². The monoisotopic (exact) mass is 501 g/mol. The standard InChI is InChI=1S/C26H31N7O2Si/c1-36(2,3)11-10-35-18-31-9-6-22-23(20(12-28)13-29-24(22)31)21-14-30-33(15-21)26(7-8-27)16-32(17-26)25(34)19-4-5-19/h6,9,13-15,19H,4-5,7,10-11,16-18H2,1-3H3. The molecule has 3 aromatic heterocycles. The van der Waals surface area contributed by atoms with Gasteiger partial charge in [0.2, 0.25) is 5.91 Å². The Morgan fingerprint density at radius 3 is 2.69 bits per heavy atom. The normalized spacial score (nSPS) is 17.0. The Kier molecular flexibility index (Phi) is 6.19. The zero-order chi connectivity index (χ0) is 25.5. The van der Waals surface area contributed by atoms with Crippen LogP contribution in [-0.2, 0) is 21.8 Å². The summed E-state index contributed by atoms with van der Waals surface area (Å²) >= 11 is 0. The van der Waals surface area contributed by atoms with Crippen molar-refractivity contribution in [3.8, 4) is 23.3 Å². The number of ether oxygens (including phenoxy) is 1. The van der Waals surface area contributed by atoms with Crippen LogP contribution in [0.1, 0.15) is 24.8 Å². The van der Waals surface area contributed by atoms with Crippen molar-refractivity contribution in [2.75, 3.05) is 19.7 Å². The van der Waals surface area contributed by atoms with Gasteiger partial charge < -0.3 is 14.2 Å². The van der Waals surface area contributed by atoms with E-state index in [1.54, 1.807) is 12.4 Å². The summed E-state index contributed by atoms with van der Waals surface area (Å²) in [4.78, 5) is 18.9. The first-order valence-electron chi connectivity index (χ1n) is 12.4. The highest BCUT2D eigenvalue weighted by molar-refractivity contribution is 6.76. The van der Waals surface area contributed by atoms with Crippen molar-refractivity contribution >= 4 is 25.0 Å². The third-order valence-corrected chi connectivity index (χ3v) is 8.81. The maximum atomic E-state index is 12.5. The Hall–Kier alpha value is -3.47. The number of rotatable bonds is 9. The highest BCUT2D eigenvalue weighted by Crippen LogP contribution is 2.39. The van der Waals surface area contributed by atoms with Gasteiger partial charge in [-0.3, -0.25) is 9.48 Å². The Balaban J connectivity index is 1.41. The van der Waals surface area contributed by atoms with Gasteiger partial charge >= 0.3 is 0 Å². The van der Waals surface area contributed by atoms with Gasteiger partial charge in [-0.25, -0.2) is 4.98 Å². The maximum absolute atomic E-state index is 12.5. The molecule has 0 N–H and O–H groups in total. The predicted octanol–water partition coefficient (Wildman–Crippen LogP) is 3.94. The minimum Gasteiger partial charge on any atom is -0.361 e. The number of pyridine rings is 1. The van der Waals surface area contributed by atoms with E-state index in [9.17, 15) is 15.3 Å². The van der Waals surface area contributed by atoms with E-state index in [-0.39, 0.29) is 18.2 Å². The first-order valence-corrected chi connectivity index (χ1v) is 16.1. The Morgan fingerprint density at radius 1 is 1.25 bits per heavy atom. The summed E-state index contributed by atoms with van der Waals surface area (Å²) in [5.74, 6) is 0.345. The number of likely N-dealkylation sites (tertiary alicyclic amines) is 1. The largest absolute Gasteiger partial charge is 0.361 e. The number of carbonyl (C=O) groups is 1. The summed E-state index contributed by atoms with van der Waals surface area (Å²) in [6.45, 7) is 9.06. The summed E-state index contributed by atoms with van der Waals surface area (Å²) < 4.78 is 9.70. The van der Waals surface area contributed by atoms with Gasteiger partial charge in [0.25, 0.3) is 0 Å². The van der Waals surface area contributed by atoms with Crippen LogP contribution in [0.25, 0.3) is 22.2 Å². The summed E-state index contributed by atoms with van der Waals surface area (Å²) in [6.07, 6.45) is 9.36. The van der Waals surface area contributed by atoms with Crippen molar-refractivity contribution in [1.29, 1.82) is 10.5 Å². The van der Waals surface area contributed by atoms with Crippen molar-refractivity contribution < 1.29 is 9.53 Å². The third kappa shape index (κ3) is 4.54. The predicted molar refractivity (Wildman–Crippen MR) is 137 cm³/mol. The average molecular weight is 502 g/mol. The van der Waals surface area contributed by atoms with Crippen LogP contribution in [0.4, 0.5) is 0 Å². The minimum atomic E-state index is -1.17. The Labute approximate surface area is 211 Å². The molecule has 4 heterocycles. The van der Waals surface area contributed by atoms with E-state index in [4.69, 9.17) is 4.74 Å². The molecule has 2 fully saturated rings. The molecule has 1 amide bonds. The number of carbonyl (C=O) groups excluding carboxylic acids is 1. The van der Waals surface area contributed by atoms with Gasteiger partial charge in [-0.1, -0.05) is 19.6 Å². The third-order valence-electron chi connectivity index (χ3n) is 7.11. The summed E-state index contributed by atoms with van der Waals surface area (Å²) in [5.41, 5.74) is 2.24. The number of amides is 1. The number of hydrogen-bond acceptors (Lipinski definition) is 6. The quantitative estimate of drug-likeness (QED) is 0.324. The maximum Gasteiger partial charge on any atom is 0.225 e. The van der Waals surface area contributed by atoms with Crippen molar-refractivity contribution in [3.05, 3.63) is 36.4 Å². The van der Waals surface area contributed by atoms with Crippen molar-refractivity contribution in [2.24, 2.45) is 5.92 Å². The lowest BCUT2D eigenvalue weighted by molar-refractivity contribution is -0.144. The van der Waals surface area contributed by atoms with Gasteiger partial charge in [0.1, 0.15) is 24.0 Å². The molecule has 3 aromatic rings. The molecule has 1 aliphatic heterocycles. The topological polar surface area (TPSA) is 113 Å². The lowest BCUT2D eigenvalue weighted by atomic mass is 9.86. The highest BCUT2D eigenvalue weighted by atomic mass is 28.3. The Bertz CT molecular complexity index is 1380. The molecule has 36 heavy (non-hydrogen) atoms. The zero-order valence-electron chi connectivity index (χ0n) is 21.1. The van der Waals surface area contributed by atoms with E-state index in [1.165, 1.54) is 0 Å². The molecule has 0 unspecified atom stereocenters. The lowest BCUT2D eigenvalue weighted by Crippen LogP contribution is -2.64. The van der Waals surface area contributed by atoms with Gasteiger partial charge in [0.15, 0.2) is 0 Å². The molecule has 1 saturated carbocycles. The molecule has 0 radical (unpaired) electrons. The number of hydrogen-bond donors (Lipinski definition) is 0. The smallest absolute Gasteiger partial charge is 0.225 e. The first kappa shape index (κ1) is 24.2. The lowest BCUT2D eigenvalue weighted by Gasteiger charge is -2.49. The zero-order valence-corrected chi connectivity index (χ0v) is 22.1. The van der Waals surface area contributed by atoms with Crippen molar-refractivity contribution in [3.63, 3.8) is 0 Å². The van der Waals surface area contributed by atoms with E-state index < -0.39 is 13.6 Å². The molecule has 2 aliphatic rings. The number of nitrogens with zero attached hydrogens (tertiary/aromatic N) is 7. The van der Waals surface area contributed by atoms with E-state index in [2.05, 4.69) is 41.9 Å². The van der Waals surface area contributed by atoms with E-state index in [0.717, 1.165) is 41.0 Å². The highest BCUT2D eigenvalue weighted by Gasteiger charge is 2.50. The van der Waals surface area contributed by atoms with Crippen LogP contribution >= 0.6 is 0 Å². The fraction of sp³-hybridized carbons (Fsp3) is 0.500. The fourth-order valence-electron chi connectivity index (χ4n) is 4.78. The van der Waals surface area contributed by atoms with Gasteiger partial charge in [-0.2, -0.15) is 15.6 Å². The number of nitriles is 2. The number of fused-ring (bicyclic) bond motifs is 1. The number of aromatic nitrogens is 4. The molecule has 10 heteroatoms. The molecule has 0 bridgehead atoms. The van der Waals surface area contributed by atoms with Crippen LogP contribution < -0.4 is 0 Å². The SMILES string of the molecule is C[Si](C)(C)CCOCn1ccc2c(-c3cnn(C4(CC#N)CN(C(=O)C5CC5)C4)c3)c(C#N)cnc21. The molecule has 1 saturated heterocycles. The van der Waals surface area contributed by atoms with Crippen molar-refractivity contribution in [1.82, 2.24) is 24.2 Å². The van der Waals surface area contributed by atoms with Crippen LogP contribution in [0.15, 0.2) is 30.9 Å². The molecular weight excluding hydrogens is 470 g/mol. The molecule has 0 aromatic carbocycles. The molecule has 1 aliphatic carbocycles. The molecular formula is C26H31N7O2Si. The van der Waals surface area contributed by atoms with E-state index in [0.29, 0.717) is 32.0 Å².